The number of hydrogen-bond donors (Lipinski definition) is 2. The van der Waals surface area contributed by atoms with Crippen LogP contribution in [0.5, 0.6) is 0 Å². The molecule has 2 N–H and O–H groups in total. The molecule has 0 unspecified atom stereocenters. The van der Waals surface area contributed by atoms with Gasteiger partial charge in [0, 0.05) is 19.1 Å². The summed E-state index contributed by atoms with van der Waals surface area (Å²) in [5.41, 5.74) is 0.514. The van der Waals surface area contributed by atoms with Crippen LogP contribution in [0.2, 0.25) is 0 Å². The zero-order valence-electron chi connectivity index (χ0n) is 14.4. The van der Waals surface area contributed by atoms with Crippen molar-refractivity contribution in [1.82, 2.24) is 10.2 Å². The first-order valence-corrected chi connectivity index (χ1v) is 8.16. The summed E-state index contributed by atoms with van der Waals surface area (Å²) in [5, 5.41) is 5.29. The number of morpholine rings is 1. The Morgan fingerprint density at radius 3 is 2.56 bits per heavy atom. The summed E-state index contributed by atoms with van der Waals surface area (Å²) in [6.45, 7) is 5.27. The van der Waals surface area contributed by atoms with Gasteiger partial charge in [0.25, 0.3) is 5.91 Å². The lowest BCUT2D eigenvalue weighted by atomic mass is 10.2. The molecule has 136 valence electrons. The molecule has 0 saturated carbocycles. The van der Waals surface area contributed by atoms with E-state index in [1.165, 1.54) is 6.07 Å². The molecule has 1 aromatic carbocycles. The van der Waals surface area contributed by atoms with Crippen LogP contribution in [0.1, 0.15) is 24.2 Å². The highest BCUT2D eigenvalue weighted by molar-refractivity contribution is 6.01. The first kappa shape index (κ1) is 18.7. The number of ether oxygens (including phenoxy) is 2. The van der Waals surface area contributed by atoms with Gasteiger partial charge in [0.15, 0.2) is 6.61 Å². The molecular formula is C17H23N3O5. The molecule has 3 amide bonds. The fraction of sp³-hybridized carbons (Fsp3) is 0.471. The lowest BCUT2D eigenvalue weighted by Gasteiger charge is -2.26. The summed E-state index contributed by atoms with van der Waals surface area (Å²) >= 11 is 0. The molecule has 1 saturated heterocycles. The molecule has 0 bridgehead atoms. The third-order valence-electron chi connectivity index (χ3n) is 3.51. The SMILES string of the molecule is CC(C)NC(=O)Nc1ccccc1C(=O)OCC(=O)N1CCOCC1. The Hall–Kier alpha value is -2.61. The van der Waals surface area contributed by atoms with Crippen LogP contribution in [0.25, 0.3) is 0 Å². The van der Waals surface area contributed by atoms with Crippen molar-refractivity contribution < 1.29 is 23.9 Å². The van der Waals surface area contributed by atoms with Gasteiger partial charge in [-0.3, -0.25) is 4.79 Å². The highest BCUT2D eigenvalue weighted by Crippen LogP contribution is 2.16. The number of benzene rings is 1. The number of anilines is 1. The van der Waals surface area contributed by atoms with Gasteiger partial charge in [-0.2, -0.15) is 0 Å². The summed E-state index contributed by atoms with van der Waals surface area (Å²) in [6.07, 6.45) is 0. The number of carbonyl (C=O) groups excluding carboxylic acids is 3. The van der Waals surface area contributed by atoms with Crippen LogP contribution in [0.3, 0.4) is 0 Å². The minimum Gasteiger partial charge on any atom is -0.452 e. The molecule has 0 radical (unpaired) electrons. The van der Waals surface area contributed by atoms with E-state index in [0.29, 0.717) is 32.0 Å². The van der Waals surface area contributed by atoms with E-state index in [0.717, 1.165) is 0 Å². The molecule has 0 atom stereocenters. The van der Waals surface area contributed by atoms with E-state index in [4.69, 9.17) is 9.47 Å². The number of para-hydroxylation sites is 1. The molecule has 2 rings (SSSR count). The minimum absolute atomic E-state index is 0.0368. The van der Waals surface area contributed by atoms with Crippen molar-refractivity contribution in [1.29, 1.82) is 0 Å². The largest absolute Gasteiger partial charge is 0.452 e. The predicted octanol–water partition coefficient (Wildman–Crippen LogP) is 1.23. The van der Waals surface area contributed by atoms with Crippen molar-refractivity contribution >= 4 is 23.6 Å². The second kappa shape index (κ2) is 9.03. The first-order valence-electron chi connectivity index (χ1n) is 8.16. The highest BCUT2D eigenvalue weighted by Gasteiger charge is 2.20. The highest BCUT2D eigenvalue weighted by atomic mass is 16.5. The quantitative estimate of drug-likeness (QED) is 0.780. The van der Waals surface area contributed by atoms with Gasteiger partial charge in [-0.1, -0.05) is 12.1 Å². The van der Waals surface area contributed by atoms with Crippen LogP contribution in [0.4, 0.5) is 10.5 Å². The van der Waals surface area contributed by atoms with E-state index < -0.39 is 12.0 Å². The van der Waals surface area contributed by atoms with Crippen molar-refractivity contribution in [3.63, 3.8) is 0 Å². The van der Waals surface area contributed by atoms with E-state index in [9.17, 15) is 14.4 Å². The predicted molar refractivity (Wildman–Crippen MR) is 91.4 cm³/mol. The molecule has 1 heterocycles. The van der Waals surface area contributed by atoms with E-state index in [-0.39, 0.29) is 24.1 Å². The average Bonchev–Trinajstić information content (AvgIpc) is 2.60. The summed E-state index contributed by atoms with van der Waals surface area (Å²) in [4.78, 5) is 37.7. The smallest absolute Gasteiger partial charge is 0.340 e. The number of rotatable bonds is 5. The lowest BCUT2D eigenvalue weighted by molar-refractivity contribution is -0.138. The Labute approximate surface area is 146 Å². The number of carbonyl (C=O) groups is 3. The van der Waals surface area contributed by atoms with Gasteiger partial charge in [0.1, 0.15) is 0 Å². The Bertz CT molecular complexity index is 626. The molecule has 0 spiro atoms. The summed E-state index contributed by atoms with van der Waals surface area (Å²) in [5.74, 6) is -0.929. The van der Waals surface area contributed by atoms with Gasteiger partial charge >= 0.3 is 12.0 Å². The number of urea groups is 1. The topological polar surface area (TPSA) is 97.0 Å². The standard InChI is InChI=1S/C17H23N3O5/c1-12(2)18-17(23)19-14-6-4-3-5-13(14)16(22)25-11-15(21)20-7-9-24-10-8-20/h3-6,12H,7-11H2,1-2H3,(H2,18,19,23). The third kappa shape index (κ3) is 5.75. The second-order valence-electron chi connectivity index (χ2n) is 5.87. The van der Waals surface area contributed by atoms with Crippen molar-refractivity contribution in [2.24, 2.45) is 0 Å². The third-order valence-corrected chi connectivity index (χ3v) is 3.51. The van der Waals surface area contributed by atoms with Crippen LogP contribution >= 0.6 is 0 Å². The molecule has 1 aliphatic heterocycles. The number of nitrogens with zero attached hydrogens (tertiary/aromatic N) is 1. The van der Waals surface area contributed by atoms with Gasteiger partial charge in [0.2, 0.25) is 0 Å². The molecular weight excluding hydrogens is 326 g/mol. The number of esters is 1. The zero-order chi connectivity index (χ0) is 18.2. The monoisotopic (exact) mass is 349 g/mol. The number of amides is 3. The Morgan fingerprint density at radius 2 is 1.88 bits per heavy atom. The Morgan fingerprint density at radius 1 is 1.20 bits per heavy atom. The van der Waals surface area contributed by atoms with Crippen LogP contribution in [-0.2, 0) is 14.3 Å². The Balaban J connectivity index is 1.94. The van der Waals surface area contributed by atoms with Gasteiger partial charge in [-0.25, -0.2) is 9.59 Å². The Kier molecular flexibility index (Phi) is 6.76. The molecule has 1 aliphatic rings. The molecule has 1 aromatic rings. The van der Waals surface area contributed by atoms with E-state index >= 15 is 0 Å². The van der Waals surface area contributed by atoms with Gasteiger partial charge < -0.3 is 25.0 Å². The molecule has 0 aromatic heterocycles. The van der Waals surface area contributed by atoms with Crippen molar-refractivity contribution in [2.45, 2.75) is 19.9 Å². The van der Waals surface area contributed by atoms with Crippen molar-refractivity contribution in [2.75, 3.05) is 38.2 Å². The van der Waals surface area contributed by atoms with Crippen LogP contribution in [-0.4, -0.2) is 61.8 Å². The fourth-order valence-corrected chi connectivity index (χ4v) is 2.30. The molecule has 8 heteroatoms. The molecule has 8 nitrogen and oxygen atoms in total. The van der Waals surface area contributed by atoms with Crippen LogP contribution in [0.15, 0.2) is 24.3 Å². The lowest BCUT2D eigenvalue weighted by Crippen LogP contribution is -2.42. The van der Waals surface area contributed by atoms with E-state index in [2.05, 4.69) is 10.6 Å². The number of nitrogens with one attached hydrogen (secondary N) is 2. The maximum atomic E-state index is 12.3. The van der Waals surface area contributed by atoms with Crippen LogP contribution in [0, 0.1) is 0 Å². The summed E-state index contributed by atoms with van der Waals surface area (Å²) in [6, 6.07) is 6.03. The molecule has 0 aliphatic carbocycles. The average molecular weight is 349 g/mol. The fourth-order valence-electron chi connectivity index (χ4n) is 2.30. The van der Waals surface area contributed by atoms with Gasteiger partial charge in [-0.15, -0.1) is 0 Å². The van der Waals surface area contributed by atoms with E-state index in [1.807, 2.05) is 13.8 Å². The second-order valence-corrected chi connectivity index (χ2v) is 5.87. The maximum Gasteiger partial charge on any atom is 0.340 e. The minimum atomic E-state index is -0.665. The summed E-state index contributed by atoms with van der Waals surface area (Å²) < 4.78 is 10.3. The van der Waals surface area contributed by atoms with Gasteiger partial charge in [0.05, 0.1) is 24.5 Å². The van der Waals surface area contributed by atoms with Crippen molar-refractivity contribution in [3.05, 3.63) is 29.8 Å². The molecule has 1 fully saturated rings. The maximum absolute atomic E-state index is 12.3. The first-order chi connectivity index (χ1) is 12.0. The summed E-state index contributed by atoms with van der Waals surface area (Å²) in [7, 11) is 0. The van der Waals surface area contributed by atoms with E-state index in [1.54, 1.807) is 23.1 Å². The van der Waals surface area contributed by atoms with Gasteiger partial charge in [-0.05, 0) is 26.0 Å². The number of hydrogen-bond acceptors (Lipinski definition) is 5. The normalized spacial score (nSPS) is 14.1. The van der Waals surface area contributed by atoms with Crippen LogP contribution < -0.4 is 10.6 Å². The van der Waals surface area contributed by atoms with Crippen molar-refractivity contribution in [3.8, 4) is 0 Å². The zero-order valence-corrected chi connectivity index (χ0v) is 14.4. The molecule has 25 heavy (non-hydrogen) atoms.